The van der Waals surface area contributed by atoms with Crippen molar-refractivity contribution in [3.8, 4) is 0 Å². The first-order chi connectivity index (χ1) is 10.5. The molecule has 0 aromatic heterocycles. The summed E-state index contributed by atoms with van der Waals surface area (Å²) in [5.74, 6) is -2.05. The summed E-state index contributed by atoms with van der Waals surface area (Å²) < 4.78 is 12.8. The molecule has 1 aromatic carbocycles. The van der Waals surface area contributed by atoms with Crippen LogP contribution in [0.15, 0.2) is 24.3 Å². The molecule has 1 aliphatic rings. The lowest BCUT2D eigenvalue weighted by Crippen LogP contribution is -2.46. The number of nitrogens with two attached hydrogens (primary N) is 1. The van der Waals surface area contributed by atoms with Crippen LogP contribution in [-0.2, 0) is 9.59 Å². The van der Waals surface area contributed by atoms with Crippen molar-refractivity contribution in [2.75, 3.05) is 6.54 Å². The predicted molar refractivity (Wildman–Crippen MR) is 77.2 cm³/mol. The third-order valence-corrected chi connectivity index (χ3v) is 3.74. The molecule has 0 saturated heterocycles. The predicted octanol–water partition coefficient (Wildman–Crippen LogP) is 0.326. The highest BCUT2D eigenvalue weighted by atomic mass is 19.1. The molecule has 0 unspecified atom stereocenters. The number of carbonyl (C=O) groups excluding carboxylic acids is 3. The molecule has 6 nitrogen and oxygen atoms in total. The summed E-state index contributed by atoms with van der Waals surface area (Å²) in [5, 5.41) is 5.16. The average molecular weight is 307 g/mol. The third kappa shape index (κ3) is 4.03. The largest absolute Gasteiger partial charge is 0.369 e. The van der Waals surface area contributed by atoms with Gasteiger partial charge in [0.2, 0.25) is 11.8 Å². The topological polar surface area (TPSA) is 101 Å². The Hall–Kier alpha value is -2.44. The summed E-state index contributed by atoms with van der Waals surface area (Å²) in [4.78, 5) is 34.8. The van der Waals surface area contributed by atoms with Crippen LogP contribution in [-0.4, -0.2) is 30.3 Å². The SMILES string of the molecule is NC(=O)[C@@H]1CCC[C@@H]1NC(=O)CNC(=O)c1ccc(F)cc1. The fourth-order valence-corrected chi connectivity index (χ4v) is 2.60. The molecule has 1 aliphatic carbocycles. The van der Waals surface area contributed by atoms with Gasteiger partial charge in [-0.1, -0.05) is 6.42 Å². The van der Waals surface area contributed by atoms with E-state index in [1.165, 1.54) is 24.3 Å². The van der Waals surface area contributed by atoms with E-state index in [1.54, 1.807) is 0 Å². The highest BCUT2D eigenvalue weighted by Gasteiger charge is 2.32. The van der Waals surface area contributed by atoms with E-state index in [1.807, 2.05) is 0 Å². The molecule has 0 aliphatic heterocycles. The van der Waals surface area contributed by atoms with Crippen LogP contribution in [0.25, 0.3) is 0 Å². The van der Waals surface area contributed by atoms with Crippen molar-refractivity contribution in [3.63, 3.8) is 0 Å². The number of halogens is 1. The lowest BCUT2D eigenvalue weighted by atomic mass is 10.0. The number of carbonyl (C=O) groups is 3. The monoisotopic (exact) mass is 307 g/mol. The van der Waals surface area contributed by atoms with E-state index in [-0.39, 0.29) is 30.0 Å². The molecule has 3 amide bonds. The summed E-state index contributed by atoms with van der Waals surface area (Å²) in [5.41, 5.74) is 5.55. The minimum absolute atomic E-state index is 0.210. The second kappa shape index (κ2) is 7.02. The van der Waals surface area contributed by atoms with E-state index in [0.29, 0.717) is 12.8 Å². The number of hydrogen-bond acceptors (Lipinski definition) is 3. The Morgan fingerprint density at radius 3 is 2.50 bits per heavy atom. The zero-order valence-corrected chi connectivity index (χ0v) is 12.0. The van der Waals surface area contributed by atoms with Crippen molar-refractivity contribution in [3.05, 3.63) is 35.6 Å². The minimum atomic E-state index is -0.465. The Morgan fingerprint density at radius 2 is 1.86 bits per heavy atom. The molecule has 2 rings (SSSR count). The first kappa shape index (κ1) is 15.9. The van der Waals surface area contributed by atoms with Gasteiger partial charge >= 0.3 is 0 Å². The Balaban J connectivity index is 1.81. The van der Waals surface area contributed by atoms with E-state index >= 15 is 0 Å². The standard InChI is InChI=1S/C15H18FN3O3/c16-10-6-4-9(5-7-10)15(22)18-8-13(20)19-12-3-1-2-11(12)14(17)21/h4-7,11-12H,1-3,8H2,(H2,17,21)(H,18,22)(H,19,20)/t11-,12+/m1/s1. The molecule has 2 atom stereocenters. The average Bonchev–Trinajstić information content (AvgIpc) is 2.94. The lowest BCUT2D eigenvalue weighted by molar-refractivity contribution is -0.124. The number of rotatable bonds is 5. The quantitative estimate of drug-likeness (QED) is 0.730. The highest BCUT2D eigenvalue weighted by molar-refractivity contribution is 5.96. The summed E-state index contributed by atoms with van der Waals surface area (Å²) in [6.45, 7) is -0.210. The van der Waals surface area contributed by atoms with E-state index < -0.39 is 17.6 Å². The lowest BCUT2D eigenvalue weighted by Gasteiger charge is -2.18. The molecule has 7 heteroatoms. The second-order valence-corrected chi connectivity index (χ2v) is 5.30. The Bertz CT molecular complexity index is 574. The van der Waals surface area contributed by atoms with Crippen LogP contribution in [0.2, 0.25) is 0 Å². The number of nitrogens with one attached hydrogen (secondary N) is 2. The number of hydrogen-bond donors (Lipinski definition) is 3. The summed E-state index contributed by atoms with van der Waals surface area (Å²) >= 11 is 0. The first-order valence-electron chi connectivity index (χ1n) is 7.10. The Labute approximate surface area is 127 Å². The first-order valence-corrected chi connectivity index (χ1v) is 7.10. The molecule has 22 heavy (non-hydrogen) atoms. The van der Waals surface area contributed by atoms with Crippen LogP contribution in [0, 0.1) is 11.7 Å². The maximum atomic E-state index is 12.8. The zero-order chi connectivity index (χ0) is 16.1. The molecule has 4 N–H and O–H groups in total. The van der Waals surface area contributed by atoms with Crippen LogP contribution in [0.3, 0.4) is 0 Å². The summed E-state index contributed by atoms with van der Waals surface area (Å²) in [6.07, 6.45) is 2.20. The van der Waals surface area contributed by atoms with Crippen LogP contribution in [0.5, 0.6) is 0 Å². The van der Waals surface area contributed by atoms with Gasteiger partial charge in [0.05, 0.1) is 12.5 Å². The molecule has 0 spiro atoms. The highest BCUT2D eigenvalue weighted by Crippen LogP contribution is 2.25. The van der Waals surface area contributed by atoms with Gasteiger partial charge in [-0.05, 0) is 37.1 Å². The van der Waals surface area contributed by atoms with Gasteiger partial charge in [0.15, 0.2) is 0 Å². The normalized spacial score (nSPS) is 20.4. The second-order valence-electron chi connectivity index (χ2n) is 5.30. The van der Waals surface area contributed by atoms with Gasteiger partial charge in [-0.2, -0.15) is 0 Å². The maximum Gasteiger partial charge on any atom is 0.251 e. The van der Waals surface area contributed by atoms with Crippen molar-refractivity contribution in [1.29, 1.82) is 0 Å². The molecular formula is C15H18FN3O3. The fraction of sp³-hybridized carbons (Fsp3) is 0.400. The summed E-state index contributed by atoms with van der Waals surface area (Å²) in [6, 6.07) is 4.74. The van der Waals surface area contributed by atoms with Crippen LogP contribution in [0.4, 0.5) is 4.39 Å². The minimum Gasteiger partial charge on any atom is -0.369 e. The van der Waals surface area contributed by atoms with Crippen LogP contribution in [0.1, 0.15) is 29.6 Å². The van der Waals surface area contributed by atoms with E-state index in [2.05, 4.69) is 10.6 Å². The molecule has 1 fully saturated rings. The molecule has 0 bridgehead atoms. The van der Waals surface area contributed by atoms with E-state index in [4.69, 9.17) is 5.73 Å². The third-order valence-electron chi connectivity index (χ3n) is 3.74. The van der Waals surface area contributed by atoms with E-state index in [0.717, 1.165) is 6.42 Å². The molecule has 0 heterocycles. The van der Waals surface area contributed by atoms with Gasteiger partial charge < -0.3 is 16.4 Å². The number of primary amides is 1. The van der Waals surface area contributed by atoms with Crippen molar-refractivity contribution in [2.24, 2.45) is 11.7 Å². The van der Waals surface area contributed by atoms with Crippen LogP contribution < -0.4 is 16.4 Å². The molecule has 0 radical (unpaired) electrons. The molecule has 118 valence electrons. The van der Waals surface area contributed by atoms with Crippen molar-refractivity contribution in [1.82, 2.24) is 10.6 Å². The van der Waals surface area contributed by atoms with E-state index in [9.17, 15) is 18.8 Å². The van der Waals surface area contributed by atoms with Gasteiger partial charge in [0.25, 0.3) is 5.91 Å². The maximum absolute atomic E-state index is 12.8. The molecule has 1 aromatic rings. The van der Waals surface area contributed by atoms with Crippen molar-refractivity contribution < 1.29 is 18.8 Å². The Morgan fingerprint density at radius 1 is 1.18 bits per heavy atom. The smallest absolute Gasteiger partial charge is 0.251 e. The fourth-order valence-electron chi connectivity index (χ4n) is 2.60. The van der Waals surface area contributed by atoms with Gasteiger partial charge in [0, 0.05) is 11.6 Å². The van der Waals surface area contributed by atoms with Gasteiger partial charge in [0.1, 0.15) is 5.82 Å². The zero-order valence-electron chi connectivity index (χ0n) is 12.0. The summed E-state index contributed by atoms with van der Waals surface area (Å²) in [7, 11) is 0. The van der Waals surface area contributed by atoms with Crippen molar-refractivity contribution >= 4 is 17.7 Å². The Kier molecular flexibility index (Phi) is 5.08. The molecular weight excluding hydrogens is 289 g/mol. The molecule has 1 saturated carbocycles. The van der Waals surface area contributed by atoms with Crippen molar-refractivity contribution in [2.45, 2.75) is 25.3 Å². The van der Waals surface area contributed by atoms with Crippen LogP contribution >= 0.6 is 0 Å². The van der Waals surface area contributed by atoms with Gasteiger partial charge in [-0.25, -0.2) is 4.39 Å². The number of benzene rings is 1. The number of amides is 3. The van der Waals surface area contributed by atoms with Gasteiger partial charge in [-0.15, -0.1) is 0 Å². The van der Waals surface area contributed by atoms with Gasteiger partial charge in [-0.3, -0.25) is 14.4 Å².